The van der Waals surface area contributed by atoms with E-state index in [-0.39, 0.29) is 47.9 Å². The third-order valence-electron chi connectivity index (χ3n) is 8.22. The molecule has 2 saturated carbocycles. The van der Waals surface area contributed by atoms with Gasteiger partial charge in [0.2, 0.25) is 0 Å². The molecule has 5 nitrogen and oxygen atoms in total. The van der Waals surface area contributed by atoms with E-state index in [0.717, 1.165) is 63.7 Å². The van der Waals surface area contributed by atoms with E-state index in [0.29, 0.717) is 25.2 Å². The summed E-state index contributed by atoms with van der Waals surface area (Å²) < 4.78 is 39.0. The van der Waals surface area contributed by atoms with Gasteiger partial charge in [-0.25, -0.2) is 4.39 Å². The molecular weight excluding hydrogens is 459 g/mol. The molecule has 2 unspecified atom stereocenters. The van der Waals surface area contributed by atoms with Crippen molar-refractivity contribution < 1.29 is 28.4 Å². The smallest absolute Gasteiger partial charge is 0.159 e. The van der Waals surface area contributed by atoms with E-state index in [1.165, 1.54) is 0 Å². The minimum atomic E-state index is -0.523. The van der Waals surface area contributed by atoms with Gasteiger partial charge < -0.3 is 24.1 Å². The molecular formula is C30H43FO5. The van der Waals surface area contributed by atoms with E-state index in [1.807, 2.05) is 6.92 Å². The predicted octanol–water partition coefficient (Wildman–Crippen LogP) is 5.52. The molecule has 2 aliphatic heterocycles. The molecule has 0 bridgehead atoms. The number of fused-ring (bicyclic) bond motifs is 1. The Bertz CT molecular complexity index is 878. The van der Waals surface area contributed by atoms with Gasteiger partial charge >= 0.3 is 0 Å². The number of aliphatic hydroxyl groups is 1. The van der Waals surface area contributed by atoms with Gasteiger partial charge in [0.1, 0.15) is 11.9 Å². The van der Waals surface area contributed by atoms with Crippen LogP contribution in [0, 0.1) is 46.9 Å². The normalized spacial score (nSPS) is 34.7. The third kappa shape index (κ3) is 6.91. The fourth-order valence-electron chi connectivity index (χ4n) is 6.05. The van der Waals surface area contributed by atoms with Crippen LogP contribution in [0.3, 0.4) is 0 Å². The zero-order chi connectivity index (χ0) is 25.5. The standard InChI is InChI=1S/C30H43FO5/c1-4-5-14-30(2,3)27(36-29-11-7-9-16-34-29)13-12-23-24-18-22(25(31)20-32)17-21(24)19-26(23)35-28-10-6-8-15-33-28/h21,23-24,26-29,32H,6-11,14-20H2,1-3H3/t21-,23+,24-,26+,27+,28?,29?/m0/s1. The molecule has 2 aliphatic carbocycles. The molecule has 0 aromatic carbocycles. The molecule has 4 fully saturated rings. The number of aliphatic hydroxyl groups excluding tert-OH is 1. The minimum Gasteiger partial charge on any atom is -0.389 e. The first-order valence-electron chi connectivity index (χ1n) is 13.8. The van der Waals surface area contributed by atoms with Gasteiger partial charge in [0, 0.05) is 25.0 Å². The lowest BCUT2D eigenvalue weighted by Crippen LogP contribution is -2.37. The van der Waals surface area contributed by atoms with Gasteiger partial charge in [-0.1, -0.05) is 25.7 Å². The largest absolute Gasteiger partial charge is 0.389 e. The number of allylic oxidation sites excluding steroid dienone is 1. The van der Waals surface area contributed by atoms with Crippen molar-refractivity contribution in [3.63, 3.8) is 0 Å². The Balaban J connectivity index is 1.57. The molecule has 0 spiro atoms. The van der Waals surface area contributed by atoms with E-state index in [1.54, 1.807) is 0 Å². The Morgan fingerprint density at radius 2 is 1.83 bits per heavy atom. The summed E-state index contributed by atoms with van der Waals surface area (Å²) in [6.07, 6.45) is 8.14. The number of hydrogen-bond donors (Lipinski definition) is 1. The maximum absolute atomic E-state index is 14.3. The Morgan fingerprint density at radius 1 is 1.11 bits per heavy atom. The highest BCUT2D eigenvalue weighted by Crippen LogP contribution is 2.52. The molecule has 7 atom stereocenters. The monoisotopic (exact) mass is 502 g/mol. The lowest BCUT2D eigenvalue weighted by atomic mass is 9.82. The van der Waals surface area contributed by atoms with Crippen LogP contribution < -0.4 is 0 Å². The number of rotatable bonds is 7. The molecule has 2 saturated heterocycles. The van der Waals surface area contributed by atoms with Crippen LogP contribution in [0.5, 0.6) is 0 Å². The van der Waals surface area contributed by atoms with Crippen LogP contribution in [-0.2, 0) is 18.9 Å². The van der Waals surface area contributed by atoms with Crippen molar-refractivity contribution in [1.29, 1.82) is 0 Å². The van der Waals surface area contributed by atoms with Crippen LogP contribution in [0.1, 0.15) is 85.0 Å². The van der Waals surface area contributed by atoms with Gasteiger partial charge in [-0.05, 0) is 82.1 Å². The second-order valence-electron chi connectivity index (χ2n) is 11.4. The highest BCUT2D eigenvalue weighted by Gasteiger charge is 2.48. The summed E-state index contributed by atoms with van der Waals surface area (Å²) in [7, 11) is 0. The van der Waals surface area contributed by atoms with Gasteiger partial charge in [-0.3, -0.25) is 0 Å². The van der Waals surface area contributed by atoms with E-state index in [4.69, 9.17) is 18.9 Å². The average Bonchev–Trinajstić information content (AvgIpc) is 3.44. The van der Waals surface area contributed by atoms with Gasteiger partial charge in [0.05, 0.1) is 18.6 Å². The van der Waals surface area contributed by atoms with Crippen LogP contribution in [0.2, 0.25) is 0 Å². The Kier molecular flexibility index (Phi) is 9.90. The second kappa shape index (κ2) is 12.9. The quantitative estimate of drug-likeness (QED) is 0.465. The lowest BCUT2D eigenvalue weighted by Gasteiger charge is -2.34. The molecule has 1 N–H and O–H groups in total. The summed E-state index contributed by atoms with van der Waals surface area (Å²) in [4.78, 5) is 0. The molecule has 0 amide bonds. The van der Waals surface area contributed by atoms with Crippen molar-refractivity contribution in [2.24, 2.45) is 23.2 Å². The summed E-state index contributed by atoms with van der Waals surface area (Å²) in [6, 6.07) is 0. The number of hydrogen-bond acceptors (Lipinski definition) is 5. The fourth-order valence-corrected chi connectivity index (χ4v) is 6.05. The molecule has 36 heavy (non-hydrogen) atoms. The van der Waals surface area contributed by atoms with Crippen molar-refractivity contribution in [2.75, 3.05) is 19.8 Å². The first-order valence-corrected chi connectivity index (χ1v) is 13.8. The van der Waals surface area contributed by atoms with E-state index >= 15 is 0 Å². The Morgan fingerprint density at radius 3 is 2.47 bits per heavy atom. The van der Waals surface area contributed by atoms with Crippen LogP contribution in [0.4, 0.5) is 4.39 Å². The Hall–Kier alpha value is -1.41. The summed E-state index contributed by atoms with van der Waals surface area (Å²) in [5.41, 5.74) is 0.468. The van der Waals surface area contributed by atoms with Crippen molar-refractivity contribution >= 4 is 0 Å². The third-order valence-corrected chi connectivity index (χ3v) is 8.22. The van der Waals surface area contributed by atoms with Crippen molar-refractivity contribution in [3.05, 3.63) is 11.4 Å². The summed E-state index contributed by atoms with van der Waals surface area (Å²) in [5.74, 6) is 13.4. The molecule has 4 aliphatic rings. The predicted molar refractivity (Wildman–Crippen MR) is 136 cm³/mol. The number of ether oxygens (including phenoxy) is 4. The van der Waals surface area contributed by atoms with Crippen LogP contribution >= 0.6 is 0 Å². The maximum Gasteiger partial charge on any atom is 0.159 e. The van der Waals surface area contributed by atoms with Crippen molar-refractivity contribution in [3.8, 4) is 23.7 Å². The van der Waals surface area contributed by atoms with Crippen LogP contribution in [-0.4, -0.2) is 49.7 Å². The number of halogens is 1. The molecule has 2 heterocycles. The highest BCUT2D eigenvalue weighted by atomic mass is 19.1. The second-order valence-corrected chi connectivity index (χ2v) is 11.4. The molecule has 200 valence electrons. The minimum absolute atomic E-state index is 0.0315. The fraction of sp³-hybridized carbons (Fsp3) is 0.800. The van der Waals surface area contributed by atoms with Crippen molar-refractivity contribution in [2.45, 2.75) is 110 Å². The highest BCUT2D eigenvalue weighted by molar-refractivity contribution is 5.24. The van der Waals surface area contributed by atoms with Crippen LogP contribution in [0.15, 0.2) is 11.4 Å². The SMILES string of the molecule is CC#CCC(C)(C)[C@@H](C#C[C@@H]1[C@H]2CC(=C(F)CO)C[C@H]2C[C@H]1OC1CCCCO1)OC1CCCCO1. The van der Waals surface area contributed by atoms with E-state index in [2.05, 4.69) is 37.5 Å². The average molecular weight is 503 g/mol. The molecule has 4 rings (SSSR count). The van der Waals surface area contributed by atoms with Gasteiger partial charge in [-0.15, -0.1) is 11.8 Å². The molecule has 6 heteroatoms. The molecule has 0 aromatic rings. The summed E-state index contributed by atoms with van der Waals surface area (Å²) in [5, 5.41) is 9.34. The van der Waals surface area contributed by atoms with Gasteiger partial charge in [0.25, 0.3) is 0 Å². The van der Waals surface area contributed by atoms with Gasteiger partial charge in [-0.2, -0.15) is 0 Å². The maximum atomic E-state index is 14.3. The van der Waals surface area contributed by atoms with Crippen LogP contribution in [0.25, 0.3) is 0 Å². The first-order chi connectivity index (χ1) is 17.4. The summed E-state index contributed by atoms with van der Waals surface area (Å²) >= 11 is 0. The Labute approximate surface area is 216 Å². The van der Waals surface area contributed by atoms with Gasteiger partial charge in [0.15, 0.2) is 12.6 Å². The molecule has 0 aromatic heterocycles. The van der Waals surface area contributed by atoms with Crippen molar-refractivity contribution in [1.82, 2.24) is 0 Å². The molecule has 0 radical (unpaired) electrons. The zero-order valence-corrected chi connectivity index (χ0v) is 22.2. The zero-order valence-electron chi connectivity index (χ0n) is 22.2. The van der Waals surface area contributed by atoms with E-state index < -0.39 is 6.61 Å². The lowest BCUT2D eigenvalue weighted by molar-refractivity contribution is -0.194. The first kappa shape index (κ1) is 27.6. The summed E-state index contributed by atoms with van der Waals surface area (Å²) in [6.45, 7) is 7.08. The topological polar surface area (TPSA) is 57.2 Å². The van der Waals surface area contributed by atoms with E-state index in [9.17, 15) is 9.50 Å².